The minimum Gasteiger partial charge on any atom is -0.496 e. The molecule has 1 rings (SSSR count). The molecule has 0 fully saturated rings. The number of hydrogen-bond donors (Lipinski definition) is 0. The van der Waals surface area contributed by atoms with E-state index in [4.69, 9.17) is 9.47 Å². The van der Waals surface area contributed by atoms with Gasteiger partial charge in [0.2, 0.25) is 0 Å². The van der Waals surface area contributed by atoms with Gasteiger partial charge in [-0.1, -0.05) is 6.07 Å². The van der Waals surface area contributed by atoms with Crippen molar-refractivity contribution >= 4 is 11.9 Å². The van der Waals surface area contributed by atoms with Gasteiger partial charge < -0.3 is 18.9 Å². The highest BCUT2D eigenvalue weighted by molar-refractivity contribution is 5.95. The lowest BCUT2D eigenvalue weighted by Crippen LogP contribution is -2.15. The number of rotatable bonds is 5. The summed E-state index contributed by atoms with van der Waals surface area (Å²) in [6.45, 7) is -0.298. The topological polar surface area (TPSA) is 71.1 Å². The Morgan fingerprint density at radius 2 is 1.72 bits per heavy atom. The summed E-state index contributed by atoms with van der Waals surface area (Å²) < 4.78 is 19.3. The molecule has 0 saturated heterocycles. The highest BCUT2D eigenvalue weighted by Crippen LogP contribution is 2.29. The normalized spacial score (nSPS) is 9.50. The zero-order valence-electron chi connectivity index (χ0n) is 10.4. The van der Waals surface area contributed by atoms with Crippen molar-refractivity contribution in [2.24, 2.45) is 0 Å². The molecule has 0 aromatic heterocycles. The fraction of sp³-hybridized carbons (Fsp3) is 0.333. The lowest BCUT2D eigenvalue weighted by Gasteiger charge is -2.12. The predicted octanol–water partition coefficient (Wildman–Crippen LogP) is 1.03. The fourth-order valence-electron chi connectivity index (χ4n) is 1.30. The Morgan fingerprint density at radius 3 is 2.28 bits per heavy atom. The quantitative estimate of drug-likeness (QED) is 0.731. The van der Waals surface area contributed by atoms with Crippen LogP contribution in [-0.2, 0) is 14.3 Å². The van der Waals surface area contributed by atoms with E-state index in [2.05, 4.69) is 9.47 Å². The van der Waals surface area contributed by atoms with Crippen LogP contribution in [0.4, 0.5) is 0 Å². The lowest BCUT2D eigenvalue weighted by atomic mass is 10.2. The van der Waals surface area contributed by atoms with Crippen LogP contribution in [-0.4, -0.2) is 39.9 Å². The smallest absolute Gasteiger partial charge is 0.345 e. The van der Waals surface area contributed by atoms with Crippen LogP contribution in [0.3, 0.4) is 0 Å². The van der Waals surface area contributed by atoms with Gasteiger partial charge in [-0.3, -0.25) is 0 Å². The van der Waals surface area contributed by atoms with Gasteiger partial charge in [-0.2, -0.15) is 0 Å². The highest BCUT2D eigenvalue weighted by atomic mass is 16.6. The highest BCUT2D eigenvalue weighted by Gasteiger charge is 2.19. The zero-order chi connectivity index (χ0) is 13.5. The number of hydrogen-bond acceptors (Lipinski definition) is 6. The summed E-state index contributed by atoms with van der Waals surface area (Å²) in [4.78, 5) is 22.6. The first kappa shape index (κ1) is 13.8. The third-order valence-corrected chi connectivity index (χ3v) is 2.17. The molecule has 0 aliphatic rings. The van der Waals surface area contributed by atoms with Crippen LogP contribution >= 0.6 is 0 Å². The van der Waals surface area contributed by atoms with Gasteiger partial charge in [0, 0.05) is 0 Å². The van der Waals surface area contributed by atoms with Crippen molar-refractivity contribution in [2.75, 3.05) is 27.9 Å². The Bertz CT molecular complexity index is 440. The molecule has 0 unspecified atom stereocenters. The second-order valence-electron chi connectivity index (χ2n) is 3.19. The van der Waals surface area contributed by atoms with E-state index in [1.54, 1.807) is 12.1 Å². The SMILES string of the molecule is COC(=O)COc1cccc(OC)c1C(=O)OC. The van der Waals surface area contributed by atoms with Crippen molar-refractivity contribution in [2.45, 2.75) is 0 Å². The number of benzene rings is 1. The number of carbonyl (C=O) groups excluding carboxylic acids is 2. The largest absolute Gasteiger partial charge is 0.496 e. The standard InChI is InChI=1S/C12H14O6/c1-15-8-5-4-6-9(11(8)12(14)17-3)18-7-10(13)16-2/h4-6H,7H2,1-3H3. The van der Waals surface area contributed by atoms with Crippen molar-refractivity contribution in [3.63, 3.8) is 0 Å². The van der Waals surface area contributed by atoms with Crippen molar-refractivity contribution < 1.29 is 28.5 Å². The molecular formula is C12H14O6. The molecule has 0 heterocycles. The summed E-state index contributed by atoms with van der Waals surface area (Å²) in [5.41, 5.74) is 0.131. The summed E-state index contributed by atoms with van der Waals surface area (Å²) >= 11 is 0. The molecule has 0 aliphatic heterocycles. The zero-order valence-corrected chi connectivity index (χ0v) is 10.4. The first-order chi connectivity index (χ1) is 8.63. The Labute approximate surface area is 104 Å². The first-order valence-corrected chi connectivity index (χ1v) is 5.09. The van der Waals surface area contributed by atoms with Crippen molar-refractivity contribution in [1.82, 2.24) is 0 Å². The number of methoxy groups -OCH3 is 3. The van der Waals surface area contributed by atoms with E-state index in [1.165, 1.54) is 27.4 Å². The van der Waals surface area contributed by atoms with Crippen LogP contribution in [0.1, 0.15) is 10.4 Å². The monoisotopic (exact) mass is 254 g/mol. The van der Waals surface area contributed by atoms with Gasteiger partial charge in [-0.25, -0.2) is 9.59 Å². The summed E-state index contributed by atoms with van der Waals surface area (Å²) in [5, 5.41) is 0. The molecule has 1 aromatic rings. The maximum absolute atomic E-state index is 11.6. The third kappa shape index (κ3) is 3.13. The molecule has 0 spiro atoms. The molecule has 0 amide bonds. The van der Waals surface area contributed by atoms with Crippen LogP contribution in [0.2, 0.25) is 0 Å². The van der Waals surface area contributed by atoms with Crippen LogP contribution in [0.25, 0.3) is 0 Å². The Hall–Kier alpha value is -2.24. The molecule has 1 aromatic carbocycles. The van der Waals surface area contributed by atoms with E-state index >= 15 is 0 Å². The summed E-state index contributed by atoms with van der Waals surface area (Å²) in [6.07, 6.45) is 0. The van der Waals surface area contributed by atoms with E-state index < -0.39 is 11.9 Å². The lowest BCUT2D eigenvalue weighted by molar-refractivity contribution is -0.142. The average molecular weight is 254 g/mol. The van der Waals surface area contributed by atoms with E-state index in [9.17, 15) is 9.59 Å². The predicted molar refractivity (Wildman–Crippen MR) is 61.8 cm³/mol. The van der Waals surface area contributed by atoms with Gasteiger partial charge in [-0.05, 0) is 12.1 Å². The van der Waals surface area contributed by atoms with Crippen molar-refractivity contribution in [3.05, 3.63) is 23.8 Å². The Morgan fingerprint density at radius 1 is 1.06 bits per heavy atom. The minimum absolute atomic E-state index is 0.131. The summed E-state index contributed by atoms with van der Waals surface area (Å²) in [6, 6.07) is 4.77. The molecule has 0 radical (unpaired) electrons. The molecule has 0 saturated carbocycles. The van der Waals surface area contributed by atoms with Crippen LogP contribution in [0, 0.1) is 0 Å². The molecule has 0 atom stereocenters. The van der Waals surface area contributed by atoms with Gasteiger partial charge in [0.25, 0.3) is 0 Å². The minimum atomic E-state index is -0.604. The van der Waals surface area contributed by atoms with Gasteiger partial charge >= 0.3 is 11.9 Å². The third-order valence-electron chi connectivity index (χ3n) is 2.17. The van der Waals surface area contributed by atoms with Crippen LogP contribution < -0.4 is 9.47 Å². The molecule has 6 nitrogen and oxygen atoms in total. The summed E-state index contributed by atoms with van der Waals surface area (Å²) in [5.74, 6) is -0.642. The maximum Gasteiger partial charge on any atom is 0.345 e. The van der Waals surface area contributed by atoms with Gasteiger partial charge in [-0.15, -0.1) is 0 Å². The van der Waals surface area contributed by atoms with Crippen LogP contribution in [0.15, 0.2) is 18.2 Å². The van der Waals surface area contributed by atoms with E-state index in [-0.39, 0.29) is 17.9 Å². The maximum atomic E-state index is 11.6. The molecule has 0 aliphatic carbocycles. The molecule has 6 heteroatoms. The van der Waals surface area contributed by atoms with Crippen molar-refractivity contribution in [1.29, 1.82) is 0 Å². The molecule has 18 heavy (non-hydrogen) atoms. The average Bonchev–Trinajstić information content (AvgIpc) is 2.43. The van der Waals surface area contributed by atoms with Crippen LogP contribution in [0.5, 0.6) is 11.5 Å². The molecular weight excluding hydrogens is 240 g/mol. The number of ether oxygens (including phenoxy) is 4. The van der Waals surface area contributed by atoms with Gasteiger partial charge in [0.1, 0.15) is 17.1 Å². The Kier molecular flexibility index (Phi) is 4.98. The van der Waals surface area contributed by atoms with Gasteiger partial charge in [0.05, 0.1) is 21.3 Å². The van der Waals surface area contributed by atoms with E-state index in [0.29, 0.717) is 5.75 Å². The van der Waals surface area contributed by atoms with Crippen molar-refractivity contribution in [3.8, 4) is 11.5 Å². The number of esters is 2. The van der Waals surface area contributed by atoms with Gasteiger partial charge in [0.15, 0.2) is 6.61 Å². The second kappa shape index (κ2) is 6.48. The summed E-state index contributed by atoms with van der Waals surface area (Å²) in [7, 11) is 3.92. The first-order valence-electron chi connectivity index (χ1n) is 5.09. The fourth-order valence-corrected chi connectivity index (χ4v) is 1.30. The second-order valence-corrected chi connectivity index (χ2v) is 3.19. The van der Waals surface area contributed by atoms with E-state index in [1.807, 2.05) is 0 Å². The van der Waals surface area contributed by atoms with E-state index in [0.717, 1.165) is 0 Å². The Balaban J connectivity index is 3.02. The molecule has 98 valence electrons. The molecule has 0 N–H and O–H groups in total. The molecule has 0 bridgehead atoms. The number of carbonyl (C=O) groups is 2.